The Morgan fingerprint density at radius 3 is 2.33 bits per heavy atom. The van der Waals surface area contributed by atoms with Crippen molar-refractivity contribution < 1.29 is 22.7 Å². The average molecular weight is 316 g/mol. The van der Waals surface area contributed by atoms with E-state index in [4.69, 9.17) is 0 Å². The number of nitrogens with zero attached hydrogens (tertiary/aromatic N) is 1. The van der Waals surface area contributed by atoms with Gasteiger partial charge in [0.15, 0.2) is 5.13 Å². The quantitative estimate of drug-likeness (QED) is 0.934. The molecule has 112 valence electrons. The summed E-state index contributed by atoms with van der Waals surface area (Å²) in [4.78, 5) is 17.1. The zero-order valence-electron chi connectivity index (χ0n) is 11.1. The average Bonchev–Trinajstić information content (AvgIpc) is 2.67. The summed E-state index contributed by atoms with van der Waals surface area (Å²) in [5.41, 5.74) is 1.04. The Balaban J connectivity index is 2.06. The highest BCUT2D eigenvalue weighted by Gasteiger charge is 2.31. The molecule has 1 heterocycles. The van der Waals surface area contributed by atoms with Crippen molar-refractivity contribution in [3.05, 3.63) is 40.4 Å². The highest BCUT2D eigenvalue weighted by molar-refractivity contribution is 7.15. The molecule has 1 aromatic carbocycles. The lowest BCUT2D eigenvalue weighted by molar-refractivity contribution is -0.274. The molecular weight excluding hydrogens is 305 g/mol. The fraction of sp³-hybridized carbons (Fsp3) is 0.231. The van der Waals surface area contributed by atoms with Crippen LogP contribution in [0.15, 0.2) is 24.3 Å². The summed E-state index contributed by atoms with van der Waals surface area (Å²) < 4.78 is 39.8. The molecule has 1 aromatic heterocycles. The summed E-state index contributed by atoms with van der Waals surface area (Å²) in [5.74, 6) is -0.817. The lowest BCUT2D eigenvalue weighted by Crippen LogP contribution is -2.17. The minimum atomic E-state index is -4.75. The Bertz CT molecular complexity index is 631. The zero-order chi connectivity index (χ0) is 15.6. The van der Waals surface area contributed by atoms with Crippen LogP contribution in [0.4, 0.5) is 18.3 Å². The number of ether oxygens (including phenoxy) is 1. The van der Waals surface area contributed by atoms with Crippen LogP contribution in [0.2, 0.25) is 0 Å². The van der Waals surface area contributed by atoms with E-state index in [1.54, 1.807) is 0 Å². The molecule has 2 aromatic rings. The number of hydrogen-bond donors (Lipinski definition) is 1. The van der Waals surface area contributed by atoms with Crippen molar-refractivity contribution in [2.75, 3.05) is 5.32 Å². The molecule has 4 nitrogen and oxygen atoms in total. The van der Waals surface area contributed by atoms with Gasteiger partial charge in [0.05, 0.1) is 5.69 Å². The second-order valence-electron chi connectivity index (χ2n) is 4.19. The third-order valence-corrected chi connectivity index (χ3v) is 3.59. The van der Waals surface area contributed by atoms with Crippen LogP contribution in [0.25, 0.3) is 0 Å². The molecule has 0 atom stereocenters. The number of thiazole rings is 1. The van der Waals surface area contributed by atoms with Crippen molar-refractivity contribution >= 4 is 22.4 Å². The minimum absolute atomic E-state index is 0.218. The molecule has 0 spiro atoms. The van der Waals surface area contributed by atoms with Crippen molar-refractivity contribution in [2.45, 2.75) is 20.2 Å². The first-order chi connectivity index (χ1) is 9.74. The topological polar surface area (TPSA) is 51.2 Å². The van der Waals surface area contributed by atoms with Crippen molar-refractivity contribution in [1.29, 1.82) is 0 Å². The molecule has 0 aliphatic rings. The lowest BCUT2D eigenvalue weighted by Gasteiger charge is -2.09. The van der Waals surface area contributed by atoms with E-state index in [1.165, 1.54) is 23.5 Å². The summed E-state index contributed by atoms with van der Waals surface area (Å²) in [5, 5.41) is 3.04. The molecule has 0 bridgehead atoms. The number of anilines is 1. The van der Waals surface area contributed by atoms with E-state index in [1.807, 2.05) is 13.8 Å². The zero-order valence-corrected chi connectivity index (χ0v) is 11.9. The fourth-order valence-corrected chi connectivity index (χ4v) is 2.31. The first kappa shape index (κ1) is 15.3. The van der Waals surface area contributed by atoms with Gasteiger partial charge in [-0.25, -0.2) is 4.98 Å². The van der Waals surface area contributed by atoms with Crippen molar-refractivity contribution in [3.63, 3.8) is 0 Å². The molecule has 21 heavy (non-hydrogen) atoms. The second-order valence-corrected chi connectivity index (χ2v) is 5.39. The Labute approximate surface area is 122 Å². The number of aryl methyl sites for hydroxylation is 2. The van der Waals surface area contributed by atoms with Gasteiger partial charge in [-0.15, -0.1) is 24.5 Å². The Kier molecular flexibility index (Phi) is 4.17. The Morgan fingerprint density at radius 2 is 1.86 bits per heavy atom. The van der Waals surface area contributed by atoms with E-state index in [0.29, 0.717) is 5.13 Å². The Morgan fingerprint density at radius 1 is 1.24 bits per heavy atom. The van der Waals surface area contributed by atoms with E-state index in [9.17, 15) is 18.0 Å². The van der Waals surface area contributed by atoms with Gasteiger partial charge in [-0.3, -0.25) is 10.1 Å². The standard InChI is InChI=1S/C13H11F3N2O2S/c1-7-8(2)21-12(17-7)18-11(19)9-3-5-10(6-4-9)20-13(14,15)16/h3-6H,1-2H3,(H,17,18,19). The number of halogens is 3. The van der Waals surface area contributed by atoms with Crippen LogP contribution in [-0.2, 0) is 0 Å². The van der Waals surface area contributed by atoms with Crippen molar-refractivity contribution in [3.8, 4) is 5.75 Å². The number of benzene rings is 1. The molecular formula is C13H11F3N2O2S. The first-order valence-electron chi connectivity index (χ1n) is 5.86. The van der Waals surface area contributed by atoms with Crippen LogP contribution in [0.5, 0.6) is 5.75 Å². The van der Waals surface area contributed by atoms with E-state index in [0.717, 1.165) is 22.7 Å². The minimum Gasteiger partial charge on any atom is -0.406 e. The number of carbonyl (C=O) groups excluding carboxylic acids is 1. The smallest absolute Gasteiger partial charge is 0.406 e. The summed E-state index contributed by atoms with van der Waals surface area (Å²) >= 11 is 1.33. The largest absolute Gasteiger partial charge is 0.573 e. The number of amides is 1. The number of nitrogens with one attached hydrogen (secondary N) is 1. The van der Waals surface area contributed by atoms with Crippen LogP contribution in [-0.4, -0.2) is 17.3 Å². The summed E-state index contributed by atoms with van der Waals surface area (Å²) in [6.07, 6.45) is -4.75. The summed E-state index contributed by atoms with van der Waals surface area (Å²) in [7, 11) is 0. The molecule has 0 radical (unpaired) electrons. The van der Waals surface area contributed by atoms with Crippen LogP contribution in [0.1, 0.15) is 20.9 Å². The molecule has 0 aliphatic heterocycles. The molecule has 0 saturated heterocycles. The van der Waals surface area contributed by atoms with Gasteiger partial charge >= 0.3 is 6.36 Å². The highest BCUT2D eigenvalue weighted by atomic mass is 32.1. The van der Waals surface area contributed by atoms with E-state index < -0.39 is 12.3 Å². The van der Waals surface area contributed by atoms with E-state index >= 15 is 0 Å². The predicted octanol–water partition coefficient (Wildman–Crippen LogP) is 3.91. The van der Waals surface area contributed by atoms with Crippen molar-refractivity contribution in [1.82, 2.24) is 4.98 Å². The van der Waals surface area contributed by atoms with Gasteiger partial charge in [0.1, 0.15) is 5.75 Å². The third-order valence-electron chi connectivity index (χ3n) is 2.60. The second kappa shape index (κ2) is 5.72. The van der Waals surface area contributed by atoms with Gasteiger partial charge in [-0.2, -0.15) is 0 Å². The lowest BCUT2D eigenvalue weighted by atomic mass is 10.2. The monoisotopic (exact) mass is 316 g/mol. The molecule has 1 N–H and O–H groups in total. The number of alkyl halides is 3. The van der Waals surface area contributed by atoms with Gasteiger partial charge in [-0.1, -0.05) is 0 Å². The van der Waals surface area contributed by atoms with Gasteiger partial charge in [0.2, 0.25) is 0 Å². The number of carbonyl (C=O) groups is 1. The fourth-order valence-electron chi connectivity index (χ4n) is 1.50. The number of hydrogen-bond acceptors (Lipinski definition) is 4. The van der Waals surface area contributed by atoms with Crippen LogP contribution >= 0.6 is 11.3 Å². The van der Waals surface area contributed by atoms with Crippen LogP contribution in [0, 0.1) is 13.8 Å². The van der Waals surface area contributed by atoms with Crippen LogP contribution in [0.3, 0.4) is 0 Å². The number of rotatable bonds is 3. The maximum absolute atomic E-state index is 12.0. The van der Waals surface area contributed by atoms with Crippen molar-refractivity contribution in [2.24, 2.45) is 0 Å². The molecule has 0 aliphatic carbocycles. The maximum Gasteiger partial charge on any atom is 0.573 e. The Hall–Kier alpha value is -2.09. The highest BCUT2D eigenvalue weighted by Crippen LogP contribution is 2.24. The molecule has 8 heteroatoms. The van der Waals surface area contributed by atoms with Gasteiger partial charge in [-0.05, 0) is 38.1 Å². The van der Waals surface area contributed by atoms with Crippen LogP contribution < -0.4 is 10.1 Å². The molecule has 0 saturated carbocycles. The van der Waals surface area contributed by atoms with E-state index in [2.05, 4.69) is 15.0 Å². The van der Waals surface area contributed by atoms with E-state index in [-0.39, 0.29) is 11.3 Å². The molecule has 0 fully saturated rings. The van der Waals surface area contributed by atoms with Gasteiger partial charge in [0.25, 0.3) is 5.91 Å². The summed E-state index contributed by atoms with van der Waals surface area (Å²) in [6, 6.07) is 4.68. The molecule has 0 unspecified atom stereocenters. The normalized spacial score (nSPS) is 11.3. The first-order valence-corrected chi connectivity index (χ1v) is 6.67. The van der Waals surface area contributed by atoms with Gasteiger partial charge in [0, 0.05) is 10.4 Å². The molecule has 1 amide bonds. The maximum atomic E-state index is 12.0. The third kappa shape index (κ3) is 4.19. The molecule has 2 rings (SSSR count). The SMILES string of the molecule is Cc1nc(NC(=O)c2ccc(OC(F)(F)F)cc2)sc1C. The van der Waals surface area contributed by atoms with Gasteiger partial charge < -0.3 is 4.74 Å². The predicted molar refractivity (Wildman–Crippen MR) is 72.7 cm³/mol. The number of aromatic nitrogens is 1. The summed E-state index contributed by atoms with van der Waals surface area (Å²) in [6.45, 7) is 3.71.